The molecule has 6 heteroatoms. The maximum Gasteiger partial charge on any atom is 0.306 e. The first-order chi connectivity index (χ1) is 32.7. The molecule has 0 aromatic rings. The second-order valence-corrected chi connectivity index (χ2v) is 21.9. The molecule has 0 radical (unpaired) electrons. The molecule has 0 fully saturated rings. The lowest BCUT2D eigenvalue weighted by Gasteiger charge is -2.18. The van der Waals surface area contributed by atoms with Gasteiger partial charge in [0.15, 0.2) is 6.10 Å². The Labute approximate surface area is 418 Å². The van der Waals surface area contributed by atoms with Crippen molar-refractivity contribution in [3.63, 3.8) is 0 Å². The highest BCUT2D eigenvalue weighted by Gasteiger charge is 2.19. The highest BCUT2D eigenvalue weighted by molar-refractivity contribution is 5.71. The van der Waals surface area contributed by atoms with Crippen LogP contribution in [-0.2, 0) is 28.6 Å². The zero-order valence-corrected chi connectivity index (χ0v) is 46.2. The third-order valence-electron chi connectivity index (χ3n) is 14.6. The van der Waals surface area contributed by atoms with Gasteiger partial charge in [-0.3, -0.25) is 14.4 Å². The molecule has 2 unspecified atom stereocenters. The lowest BCUT2D eigenvalue weighted by molar-refractivity contribution is -0.167. The van der Waals surface area contributed by atoms with Crippen LogP contribution in [0.5, 0.6) is 0 Å². The molecule has 0 aliphatic heterocycles. The molecule has 398 valence electrons. The molecule has 0 aliphatic rings. The van der Waals surface area contributed by atoms with Gasteiger partial charge in [0.05, 0.1) is 0 Å². The molecular weight excluding hydrogens is 829 g/mol. The van der Waals surface area contributed by atoms with Gasteiger partial charge in [0.25, 0.3) is 0 Å². The highest BCUT2D eigenvalue weighted by atomic mass is 16.6. The zero-order chi connectivity index (χ0) is 49.1. The minimum absolute atomic E-state index is 0.0635. The van der Waals surface area contributed by atoms with Gasteiger partial charge in [-0.05, 0) is 37.0 Å². The minimum atomic E-state index is -0.764. The number of esters is 3. The molecule has 0 aliphatic carbocycles. The van der Waals surface area contributed by atoms with Crippen molar-refractivity contribution in [1.29, 1.82) is 0 Å². The van der Waals surface area contributed by atoms with Crippen LogP contribution < -0.4 is 0 Å². The molecule has 0 N–H and O–H groups in total. The Kier molecular flexibility index (Phi) is 51.0. The van der Waals surface area contributed by atoms with E-state index in [0.717, 1.165) is 75.5 Å². The molecule has 0 aromatic carbocycles. The monoisotopic (exact) mass is 947 g/mol. The van der Waals surface area contributed by atoms with Gasteiger partial charge in [0.1, 0.15) is 13.2 Å². The molecule has 0 heterocycles. The summed E-state index contributed by atoms with van der Waals surface area (Å²) in [5.41, 5.74) is 0. The summed E-state index contributed by atoms with van der Waals surface area (Å²) in [6.45, 7) is 13.8. The van der Waals surface area contributed by atoms with E-state index < -0.39 is 6.10 Å². The van der Waals surface area contributed by atoms with Crippen molar-refractivity contribution in [2.24, 2.45) is 17.8 Å². The molecular formula is C61H118O6. The Morgan fingerprint density at radius 3 is 0.776 bits per heavy atom. The number of hydrogen-bond donors (Lipinski definition) is 0. The zero-order valence-electron chi connectivity index (χ0n) is 46.2. The summed E-state index contributed by atoms with van der Waals surface area (Å²) in [7, 11) is 0. The van der Waals surface area contributed by atoms with Crippen LogP contribution >= 0.6 is 0 Å². The number of carbonyl (C=O) groups excluding carboxylic acids is 3. The first-order valence-corrected chi connectivity index (χ1v) is 30.2. The SMILES string of the molecule is CCC(C)CCCCCCCCCCCCC(=O)OC[C@@H](COC(=O)CCCCCCCCCCCCCCCCCCCCC(C)C)OC(=O)CCCCCCCCCCCCC(C)CC. The van der Waals surface area contributed by atoms with Crippen molar-refractivity contribution in [2.75, 3.05) is 13.2 Å². The molecule has 0 saturated heterocycles. The molecule has 0 bridgehead atoms. The first-order valence-electron chi connectivity index (χ1n) is 30.2. The minimum Gasteiger partial charge on any atom is -0.462 e. The van der Waals surface area contributed by atoms with Gasteiger partial charge in [0.2, 0.25) is 0 Å². The van der Waals surface area contributed by atoms with E-state index in [-0.39, 0.29) is 31.1 Å². The van der Waals surface area contributed by atoms with Crippen LogP contribution in [0.4, 0.5) is 0 Å². The normalized spacial score (nSPS) is 12.9. The summed E-state index contributed by atoms with van der Waals surface area (Å²) in [6.07, 6.45) is 55.1. The third-order valence-corrected chi connectivity index (χ3v) is 14.6. The number of hydrogen-bond acceptors (Lipinski definition) is 6. The van der Waals surface area contributed by atoms with Gasteiger partial charge in [0, 0.05) is 19.3 Å². The molecule has 0 rings (SSSR count). The molecule has 0 aromatic heterocycles. The van der Waals surface area contributed by atoms with E-state index in [0.29, 0.717) is 19.3 Å². The standard InChI is InChI=1S/C61H118O6/c1-7-56(5)48-42-36-30-24-19-21-27-33-39-45-51-60(63)66-54-58(67-61(64)52-46-40-34-28-22-20-25-31-37-43-49-57(6)8-2)53-65-59(62)50-44-38-32-26-18-16-14-12-10-9-11-13-15-17-23-29-35-41-47-55(3)4/h55-58H,7-54H2,1-6H3/t56?,57?,58-/m1/s1. The molecule has 0 spiro atoms. The Balaban J connectivity index is 4.26. The van der Waals surface area contributed by atoms with Crippen LogP contribution in [0.25, 0.3) is 0 Å². The van der Waals surface area contributed by atoms with Crippen molar-refractivity contribution in [3.8, 4) is 0 Å². The van der Waals surface area contributed by atoms with E-state index in [1.807, 2.05) is 0 Å². The summed E-state index contributed by atoms with van der Waals surface area (Å²) in [5.74, 6) is 1.75. The van der Waals surface area contributed by atoms with Crippen molar-refractivity contribution in [3.05, 3.63) is 0 Å². The van der Waals surface area contributed by atoms with E-state index in [9.17, 15) is 14.4 Å². The van der Waals surface area contributed by atoms with Crippen LogP contribution in [0.1, 0.15) is 337 Å². The number of ether oxygens (including phenoxy) is 3. The number of rotatable bonds is 54. The van der Waals surface area contributed by atoms with Crippen LogP contribution in [0.3, 0.4) is 0 Å². The fourth-order valence-corrected chi connectivity index (χ4v) is 9.29. The maximum absolute atomic E-state index is 12.9. The average Bonchev–Trinajstić information content (AvgIpc) is 3.31. The quantitative estimate of drug-likeness (QED) is 0.0343. The van der Waals surface area contributed by atoms with Gasteiger partial charge in [-0.15, -0.1) is 0 Å². The van der Waals surface area contributed by atoms with Crippen LogP contribution in [0.15, 0.2) is 0 Å². The van der Waals surface area contributed by atoms with Crippen molar-refractivity contribution in [1.82, 2.24) is 0 Å². The van der Waals surface area contributed by atoms with Gasteiger partial charge < -0.3 is 14.2 Å². The van der Waals surface area contributed by atoms with E-state index in [4.69, 9.17) is 14.2 Å². The van der Waals surface area contributed by atoms with E-state index >= 15 is 0 Å². The van der Waals surface area contributed by atoms with Crippen LogP contribution in [0.2, 0.25) is 0 Å². The molecule has 3 atom stereocenters. The Morgan fingerprint density at radius 2 is 0.522 bits per heavy atom. The second-order valence-electron chi connectivity index (χ2n) is 21.9. The summed E-state index contributed by atoms with van der Waals surface area (Å²) in [5, 5.41) is 0. The summed E-state index contributed by atoms with van der Waals surface area (Å²) in [6, 6.07) is 0. The predicted molar refractivity (Wildman–Crippen MR) is 289 cm³/mol. The van der Waals surface area contributed by atoms with Crippen molar-refractivity contribution < 1.29 is 28.6 Å². The maximum atomic E-state index is 12.9. The second kappa shape index (κ2) is 52.2. The lowest BCUT2D eigenvalue weighted by atomic mass is 9.99. The van der Waals surface area contributed by atoms with Crippen molar-refractivity contribution in [2.45, 2.75) is 343 Å². The van der Waals surface area contributed by atoms with E-state index in [1.165, 1.54) is 218 Å². The van der Waals surface area contributed by atoms with Gasteiger partial charge >= 0.3 is 17.9 Å². The van der Waals surface area contributed by atoms with Crippen molar-refractivity contribution >= 4 is 17.9 Å². The van der Waals surface area contributed by atoms with Gasteiger partial charge in [-0.1, -0.05) is 298 Å². The largest absolute Gasteiger partial charge is 0.462 e. The van der Waals surface area contributed by atoms with Gasteiger partial charge in [-0.2, -0.15) is 0 Å². The fraction of sp³-hybridized carbons (Fsp3) is 0.951. The van der Waals surface area contributed by atoms with Gasteiger partial charge in [-0.25, -0.2) is 0 Å². The molecule has 0 amide bonds. The van der Waals surface area contributed by atoms with Crippen LogP contribution in [0, 0.1) is 17.8 Å². The third kappa shape index (κ3) is 52.1. The lowest BCUT2D eigenvalue weighted by Crippen LogP contribution is -2.30. The topological polar surface area (TPSA) is 78.9 Å². The summed E-state index contributed by atoms with van der Waals surface area (Å²) < 4.78 is 16.9. The number of unbranched alkanes of at least 4 members (excludes halogenated alkanes) is 35. The highest BCUT2D eigenvalue weighted by Crippen LogP contribution is 2.19. The van der Waals surface area contributed by atoms with E-state index in [2.05, 4.69) is 41.5 Å². The Bertz CT molecular complexity index is 1040. The molecule has 67 heavy (non-hydrogen) atoms. The van der Waals surface area contributed by atoms with Crippen LogP contribution in [-0.4, -0.2) is 37.2 Å². The summed E-state index contributed by atoms with van der Waals surface area (Å²) in [4.78, 5) is 38.2. The summed E-state index contributed by atoms with van der Waals surface area (Å²) >= 11 is 0. The van der Waals surface area contributed by atoms with E-state index in [1.54, 1.807) is 0 Å². The average molecular weight is 948 g/mol. The predicted octanol–water partition coefficient (Wildman–Crippen LogP) is 19.9. The Morgan fingerprint density at radius 1 is 0.299 bits per heavy atom. The fourth-order valence-electron chi connectivity index (χ4n) is 9.29. The first kappa shape index (κ1) is 65.4. The molecule has 0 saturated carbocycles. The molecule has 6 nitrogen and oxygen atoms in total. The smallest absolute Gasteiger partial charge is 0.306 e. The number of carbonyl (C=O) groups is 3. The Hall–Kier alpha value is -1.59.